The first-order valence-electron chi connectivity index (χ1n) is 9.57. The molecule has 142 valence electrons. The number of aromatic nitrogens is 2. The van der Waals surface area contributed by atoms with Crippen LogP contribution in [0.25, 0.3) is 10.8 Å². The van der Waals surface area contributed by atoms with E-state index in [0.29, 0.717) is 22.3 Å². The molecule has 5 nitrogen and oxygen atoms in total. The molecule has 2 N–H and O–H groups in total. The number of fused-ring (bicyclic) bond motifs is 1. The molecule has 2 saturated carbocycles. The summed E-state index contributed by atoms with van der Waals surface area (Å²) >= 11 is 3.39. The summed E-state index contributed by atoms with van der Waals surface area (Å²) in [6.07, 6.45) is 4.18. The summed E-state index contributed by atoms with van der Waals surface area (Å²) in [5.41, 5.74) is 1.89. The number of nitrogens with one attached hydrogen (secondary N) is 2. The van der Waals surface area contributed by atoms with Crippen molar-refractivity contribution in [2.45, 2.75) is 37.6 Å². The molecule has 0 atom stereocenters. The number of hydrogen-bond acceptors (Lipinski definition) is 3. The molecule has 0 bridgehead atoms. The van der Waals surface area contributed by atoms with Gasteiger partial charge >= 0.3 is 0 Å². The van der Waals surface area contributed by atoms with Crippen LogP contribution in [0.2, 0.25) is 0 Å². The third kappa shape index (κ3) is 2.96. The Morgan fingerprint density at radius 1 is 1.04 bits per heavy atom. The SMILES string of the molecule is O=C(N[C@H]1CC2(C1)C[C@H](c1n[nH]c(=O)c3ccccc31)C2)c1ccc(Br)cc1. The van der Waals surface area contributed by atoms with Crippen LogP contribution in [0.15, 0.2) is 57.8 Å². The van der Waals surface area contributed by atoms with Crippen LogP contribution in [0.4, 0.5) is 0 Å². The zero-order valence-corrected chi connectivity index (χ0v) is 16.8. The fourth-order valence-corrected chi connectivity index (χ4v) is 5.18. The Kier molecular flexibility index (Phi) is 4.12. The zero-order chi connectivity index (χ0) is 19.3. The lowest BCUT2D eigenvalue weighted by Gasteiger charge is -2.57. The van der Waals surface area contributed by atoms with Crippen molar-refractivity contribution in [1.82, 2.24) is 15.5 Å². The van der Waals surface area contributed by atoms with E-state index in [1.54, 1.807) is 0 Å². The first-order chi connectivity index (χ1) is 13.5. The van der Waals surface area contributed by atoms with Crippen molar-refractivity contribution in [2.24, 2.45) is 5.41 Å². The van der Waals surface area contributed by atoms with E-state index in [0.717, 1.165) is 41.2 Å². The van der Waals surface area contributed by atoms with E-state index in [1.165, 1.54) is 0 Å². The fraction of sp³-hybridized carbons (Fsp3) is 0.318. The van der Waals surface area contributed by atoms with Crippen molar-refractivity contribution < 1.29 is 4.79 Å². The Bertz CT molecular complexity index is 1110. The van der Waals surface area contributed by atoms with Gasteiger partial charge in [0, 0.05) is 27.4 Å². The quantitative estimate of drug-likeness (QED) is 0.646. The maximum absolute atomic E-state index is 12.4. The van der Waals surface area contributed by atoms with Gasteiger partial charge in [-0.15, -0.1) is 0 Å². The lowest BCUT2D eigenvalue weighted by atomic mass is 9.49. The summed E-state index contributed by atoms with van der Waals surface area (Å²) in [6.45, 7) is 0. The van der Waals surface area contributed by atoms with E-state index in [4.69, 9.17) is 0 Å². The highest BCUT2D eigenvalue weighted by Gasteiger charge is 2.54. The van der Waals surface area contributed by atoms with Crippen molar-refractivity contribution in [3.63, 3.8) is 0 Å². The van der Waals surface area contributed by atoms with Gasteiger partial charge in [0.25, 0.3) is 11.5 Å². The Hall–Kier alpha value is -2.47. The van der Waals surface area contributed by atoms with Gasteiger partial charge in [0.05, 0.1) is 11.1 Å². The van der Waals surface area contributed by atoms with Gasteiger partial charge in [-0.3, -0.25) is 9.59 Å². The summed E-state index contributed by atoms with van der Waals surface area (Å²) in [5.74, 6) is 0.376. The number of nitrogens with zero attached hydrogens (tertiary/aromatic N) is 1. The topological polar surface area (TPSA) is 74.8 Å². The molecule has 1 amide bonds. The molecule has 1 aromatic heterocycles. The zero-order valence-electron chi connectivity index (χ0n) is 15.2. The number of H-pyrrole nitrogens is 1. The molecule has 2 aliphatic carbocycles. The number of aromatic amines is 1. The van der Waals surface area contributed by atoms with Crippen molar-refractivity contribution in [3.8, 4) is 0 Å². The van der Waals surface area contributed by atoms with Crippen LogP contribution in [0.1, 0.15) is 47.7 Å². The first kappa shape index (κ1) is 17.6. The second-order valence-corrected chi connectivity index (χ2v) is 9.09. The molecular weight excluding hydrogens is 418 g/mol. The van der Waals surface area contributed by atoms with Crippen LogP contribution in [-0.4, -0.2) is 22.1 Å². The number of carbonyl (C=O) groups is 1. The Labute approximate surface area is 170 Å². The highest BCUT2D eigenvalue weighted by molar-refractivity contribution is 9.10. The van der Waals surface area contributed by atoms with E-state index in [-0.39, 0.29) is 17.5 Å². The highest BCUT2D eigenvalue weighted by Crippen LogP contribution is 2.62. The number of amides is 1. The maximum atomic E-state index is 12.4. The number of carbonyl (C=O) groups excluding carboxylic acids is 1. The van der Waals surface area contributed by atoms with Crippen molar-refractivity contribution in [3.05, 3.63) is 74.6 Å². The summed E-state index contributed by atoms with van der Waals surface area (Å²) in [7, 11) is 0. The highest BCUT2D eigenvalue weighted by atomic mass is 79.9. The lowest BCUT2D eigenvalue weighted by Crippen LogP contribution is -2.55. The largest absolute Gasteiger partial charge is 0.349 e. The molecule has 2 aliphatic rings. The van der Waals surface area contributed by atoms with Crippen LogP contribution >= 0.6 is 15.9 Å². The van der Waals surface area contributed by atoms with Crippen molar-refractivity contribution in [1.29, 1.82) is 0 Å². The number of halogens is 1. The van der Waals surface area contributed by atoms with Crippen LogP contribution in [-0.2, 0) is 0 Å². The molecule has 0 unspecified atom stereocenters. The van der Waals surface area contributed by atoms with Crippen molar-refractivity contribution >= 4 is 32.6 Å². The van der Waals surface area contributed by atoms with Crippen LogP contribution in [0, 0.1) is 5.41 Å². The molecule has 2 fully saturated rings. The minimum absolute atomic E-state index is 0.00322. The maximum Gasteiger partial charge on any atom is 0.272 e. The standard InChI is InChI=1S/C22H20BrN3O2/c23-15-7-5-13(6-8-15)20(27)24-16-11-22(12-16)9-14(10-22)19-17-3-1-2-4-18(17)21(28)26-25-19/h1-8,14,16H,9-12H2,(H,24,27)(H,26,28)/t14-,16-,22?. The molecule has 0 aliphatic heterocycles. The Morgan fingerprint density at radius 2 is 1.71 bits per heavy atom. The third-order valence-corrected chi connectivity index (χ3v) is 6.80. The van der Waals surface area contributed by atoms with Crippen LogP contribution in [0.3, 0.4) is 0 Å². The normalized spacial score (nSPS) is 25.9. The monoisotopic (exact) mass is 437 g/mol. The van der Waals surface area contributed by atoms with Gasteiger partial charge < -0.3 is 5.32 Å². The molecular formula is C22H20BrN3O2. The van der Waals surface area contributed by atoms with Gasteiger partial charge in [-0.25, -0.2) is 5.10 Å². The van der Waals surface area contributed by atoms with Gasteiger partial charge in [-0.1, -0.05) is 34.1 Å². The Morgan fingerprint density at radius 3 is 2.43 bits per heavy atom. The predicted molar refractivity (Wildman–Crippen MR) is 111 cm³/mol. The smallest absolute Gasteiger partial charge is 0.272 e. The van der Waals surface area contributed by atoms with E-state index in [2.05, 4.69) is 31.4 Å². The van der Waals surface area contributed by atoms with Crippen molar-refractivity contribution in [2.75, 3.05) is 0 Å². The number of hydrogen-bond donors (Lipinski definition) is 2. The van der Waals surface area contributed by atoms with E-state index >= 15 is 0 Å². The molecule has 28 heavy (non-hydrogen) atoms. The summed E-state index contributed by atoms with van der Waals surface area (Å²) in [6, 6.07) is 15.4. The lowest BCUT2D eigenvalue weighted by molar-refractivity contribution is -0.0196. The number of benzene rings is 2. The van der Waals surface area contributed by atoms with Gasteiger partial charge in [-0.2, -0.15) is 5.10 Å². The Balaban J connectivity index is 1.22. The van der Waals surface area contributed by atoms with E-state index in [1.807, 2.05) is 48.5 Å². The second-order valence-electron chi connectivity index (χ2n) is 8.17. The summed E-state index contributed by atoms with van der Waals surface area (Å²) in [4.78, 5) is 24.3. The van der Waals surface area contributed by atoms with Gasteiger partial charge in [0.15, 0.2) is 0 Å². The molecule has 1 heterocycles. The molecule has 2 aromatic carbocycles. The molecule has 3 aromatic rings. The van der Waals surface area contributed by atoms with Crippen LogP contribution in [0.5, 0.6) is 0 Å². The molecule has 0 radical (unpaired) electrons. The molecule has 0 saturated heterocycles. The second kappa shape index (κ2) is 6.55. The summed E-state index contributed by atoms with van der Waals surface area (Å²) in [5, 5.41) is 11.8. The number of rotatable bonds is 3. The predicted octanol–water partition coefficient (Wildman–Crippen LogP) is 4.14. The van der Waals surface area contributed by atoms with E-state index in [9.17, 15) is 9.59 Å². The molecule has 6 heteroatoms. The van der Waals surface area contributed by atoms with Gasteiger partial charge in [0.2, 0.25) is 0 Å². The average Bonchev–Trinajstić information content (AvgIpc) is 2.64. The van der Waals surface area contributed by atoms with Gasteiger partial charge in [0.1, 0.15) is 0 Å². The third-order valence-electron chi connectivity index (χ3n) is 6.27. The minimum atomic E-state index is -0.132. The minimum Gasteiger partial charge on any atom is -0.349 e. The molecule has 1 spiro atoms. The van der Waals surface area contributed by atoms with Gasteiger partial charge in [-0.05, 0) is 61.4 Å². The van der Waals surface area contributed by atoms with E-state index < -0.39 is 0 Å². The average molecular weight is 438 g/mol. The fourth-order valence-electron chi connectivity index (χ4n) is 4.92. The summed E-state index contributed by atoms with van der Waals surface area (Å²) < 4.78 is 0.968. The molecule has 5 rings (SSSR count). The van der Waals surface area contributed by atoms with Crippen LogP contribution < -0.4 is 10.9 Å². The first-order valence-corrected chi connectivity index (χ1v) is 10.4.